The maximum Gasteiger partial charge on any atom is 0.0568 e. The number of aliphatic hydroxyl groups is 1. The average Bonchev–Trinajstić information content (AvgIpc) is 2.36. The second kappa shape index (κ2) is 6.93. The minimum Gasteiger partial charge on any atom is -0.393 e. The highest BCUT2D eigenvalue weighted by atomic mass is 16.3. The molecular formula is C17H32O. The highest BCUT2D eigenvalue weighted by Gasteiger charge is 2.29. The molecule has 0 heterocycles. The Morgan fingerprint density at radius 3 is 2.17 bits per heavy atom. The predicted octanol–water partition coefficient (Wildman–Crippen LogP) is 4.78. The first-order chi connectivity index (χ1) is 8.65. The van der Waals surface area contributed by atoms with Crippen LogP contribution >= 0.6 is 0 Å². The zero-order valence-electron chi connectivity index (χ0n) is 12.4. The topological polar surface area (TPSA) is 20.2 Å². The molecule has 1 N–H and O–H groups in total. The molecule has 0 amide bonds. The fourth-order valence-corrected chi connectivity index (χ4v) is 4.44. The summed E-state index contributed by atoms with van der Waals surface area (Å²) in [7, 11) is 0. The first-order valence-electron chi connectivity index (χ1n) is 8.33. The van der Waals surface area contributed by atoms with Gasteiger partial charge in [-0.1, -0.05) is 46.0 Å². The molecule has 3 atom stereocenters. The van der Waals surface area contributed by atoms with E-state index in [1.807, 2.05) is 0 Å². The van der Waals surface area contributed by atoms with E-state index < -0.39 is 0 Å². The number of hydrogen-bond donors (Lipinski definition) is 1. The molecule has 0 radical (unpaired) electrons. The van der Waals surface area contributed by atoms with Crippen LogP contribution in [0.1, 0.15) is 78.1 Å². The van der Waals surface area contributed by atoms with Gasteiger partial charge >= 0.3 is 0 Å². The Balaban J connectivity index is 1.71. The van der Waals surface area contributed by atoms with Crippen molar-refractivity contribution in [2.24, 2.45) is 23.7 Å². The summed E-state index contributed by atoms with van der Waals surface area (Å²) in [6.07, 6.45) is 13.4. The summed E-state index contributed by atoms with van der Waals surface area (Å²) in [5.41, 5.74) is 0. The lowest BCUT2D eigenvalue weighted by Crippen LogP contribution is -2.29. The molecule has 106 valence electrons. The Kier molecular flexibility index (Phi) is 5.54. The van der Waals surface area contributed by atoms with E-state index in [1.54, 1.807) is 0 Å². The van der Waals surface area contributed by atoms with Crippen molar-refractivity contribution in [1.29, 1.82) is 0 Å². The van der Waals surface area contributed by atoms with Gasteiger partial charge in [0.1, 0.15) is 0 Å². The molecule has 0 aromatic carbocycles. The smallest absolute Gasteiger partial charge is 0.0568 e. The summed E-state index contributed by atoms with van der Waals surface area (Å²) >= 11 is 0. The van der Waals surface area contributed by atoms with Gasteiger partial charge < -0.3 is 5.11 Å². The van der Waals surface area contributed by atoms with Crippen molar-refractivity contribution in [3.05, 3.63) is 0 Å². The second-order valence-corrected chi connectivity index (χ2v) is 7.33. The van der Waals surface area contributed by atoms with E-state index in [4.69, 9.17) is 0 Å². The van der Waals surface area contributed by atoms with Gasteiger partial charge in [0, 0.05) is 0 Å². The highest BCUT2D eigenvalue weighted by molar-refractivity contribution is 4.80. The third-order valence-electron chi connectivity index (χ3n) is 5.35. The molecule has 1 nitrogen and oxygen atoms in total. The van der Waals surface area contributed by atoms with Gasteiger partial charge in [0.05, 0.1) is 6.10 Å². The molecule has 0 aromatic heterocycles. The lowest BCUT2D eigenvalue weighted by Gasteiger charge is -2.35. The molecule has 2 aliphatic carbocycles. The van der Waals surface area contributed by atoms with Gasteiger partial charge in [-0.25, -0.2) is 0 Å². The van der Waals surface area contributed by atoms with Crippen molar-refractivity contribution in [1.82, 2.24) is 0 Å². The van der Waals surface area contributed by atoms with Crippen LogP contribution in [0.3, 0.4) is 0 Å². The first kappa shape index (κ1) is 14.4. The largest absolute Gasteiger partial charge is 0.393 e. The molecule has 0 bridgehead atoms. The van der Waals surface area contributed by atoms with Crippen molar-refractivity contribution < 1.29 is 5.11 Å². The van der Waals surface area contributed by atoms with Crippen molar-refractivity contribution in [3.8, 4) is 0 Å². The molecule has 3 unspecified atom stereocenters. The normalized spacial score (nSPS) is 36.5. The van der Waals surface area contributed by atoms with Gasteiger partial charge in [0.25, 0.3) is 0 Å². The molecule has 0 aromatic rings. The van der Waals surface area contributed by atoms with Crippen LogP contribution in [0.15, 0.2) is 0 Å². The summed E-state index contributed by atoms with van der Waals surface area (Å²) in [5.74, 6) is 3.16. The molecule has 0 spiro atoms. The molecule has 2 rings (SSSR count). The molecule has 0 aliphatic heterocycles. The van der Waals surface area contributed by atoms with E-state index in [0.717, 1.165) is 24.2 Å². The Bertz CT molecular complexity index is 222. The van der Waals surface area contributed by atoms with Gasteiger partial charge in [-0.3, -0.25) is 0 Å². The zero-order chi connectivity index (χ0) is 13.0. The summed E-state index contributed by atoms with van der Waals surface area (Å²) in [6.45, 7) is 4.72. The standard InChI is InChI=1S/C17H32O/c1-13-10-14(2)12-16(11-13)17(18)9-8-15-6-4-3-5-7-15/h13-18H,3-12H2,1-2H3. The van der Waals surface area contributed by atoms with Crippen LogP contribution in [-0.4, -0.2) is 11.2 Å². The predicted molar refractivity (Wildman–Crippen MR) is 77.5 cm³/mol. The monoisotopic (exact) mass is 252 g/mol. The molecule has 2 fully saturated rings. The van der Waals surface area contributed by atoms with E-state index in [-0.39, 0.29) is 6.10 Å². The fraction of sp³-hybridized carbons (Fsp3) is 1.00. The van der Waals surface area contributed by atoms with E-state index in [0.29, 0.717) is 5.92 Å². The van der Waals surface area contributed by atoms with Crippen molar-refractivity contribution in [3.63, 3.8) is 0 Å². The van der Waals surface area contributed by atoms with Gasteiger partial charge in [-0.15, -0.1) is 0 Å². The second-order valence-electron chi connectivity index (χ2n) is 7.33. The summed E-state index contributed by atoms with van der Waals surface area (Å²) in [4.78, 5) is 0. The Hall–Kier alpha value is -0.0400. The first-order valence-corrected chi connectivity index (χ1v) is 8.33. The molecular weight excluding hydrogens is 220 g/mol. The summed E-state index contributed by atoms with van der Waals surface area (Å²) in [6, 6.07) is 0. The Morgan fingerprint density at radius 1 is 0.944 bits per heavy atom. The van der Waals surface area contributed by atoms with Crippen molar-refractivity contribution in [2.75, 3.05) is 0 Å². The molecule has 1 heteroatoms. The van der Waals surface area contributed by atoms with E-state index in [9.17, 15) is 5.11 Å². The van der Waals surface area contributed by atoms with Gasteiger partial charge in [-0.2, -0.15) is 0 Å². The molecule has 2 saturated carbocycles. The van der Waals surface area contributed by atoms with Crippen LogP contribution in [0, 0.1) is 23.7 Å². The van der Waals surface area contributed by atoms with Crippen LogP contribution in [0.4, 0.5) is 0 Å². The van der Waals surface area contributed by atoms with Gasteiger partial charge in [-0.05, 0) is 55.8 Å². The number of hydrogen-bond acceptors (Lipinski definition) is 1. The van der Waals surface area contributed by atoms with E-state index in [1.165, 1.54) is 57.8 Å². The Morgan fingerprint density at radius 2 is 1.56 bits per heavy atom. The van der Waals surface area contributed by atoms with Crippen LogP contribution in [-0.2, 0) is 0 Å². The van der Waals surface area contributed by atoms with Crippen LogP contribution < -0.4 is 0 Å². The lowest BCUT2D eigenvalue weighted by atomic mass is 9.73. The molecule has 18 heavy (non-hydrogen) atoms. The lowest BCUT2D eigenvalue weighted by molar-refractivity contribution is 0.0438. The number of aliphatic hydroxyl groups excluding tert-OH is 1. The summed E-state index contributed by atoms with van der Waals surface area (Å²) in [5, 5.41) is 10.4. The number of rotatable bonds is 4. The summed E-state index contributed by atoms with van der Waals surface area (Å²) < 4.78 is 0. The fourth-order valence-electron chi connectivity index (χ4n) is 4.44. The minimum absolute atomic E-state index is 0.0165. The highest BCUT2D eigenvalue weighted by Crippen LogP contribution is 2.36. The maximum atomic E-state index is 10.4. The van der Waals surface area contributed by atoms with E-state index in [2.05, 4.69) is 13.8 Å². The van der Waals surface area contributed by atoms with Crippen LogP contribution in [0.2, 0.25) is 0 Å². The van der Waals surface area contributed by atoms with Crippen LogP contribution in [0.5, 0.6) is 0 Å². The quantitative estimate of drug-likeness (QED) is 0.763. The van der Waals surface area contributed by atoms with Crippen molar-refractivity contribution >= 4 is 0 Å². The average molecular weight is 252 g/mol. The van der Waals surface area contributed by atoms with Crippen molar-refractivity contribution in [2.45, 2.75) is 84.2 Å². The third-order valence-corrected chi connectivity index (χ3v) is 5.35. The third kappa shape index (κ3) is 4.26. The zero-order valence-corrected chi connectivity index (χ0v) is 12.4. The maximum absolute atomic E-state index is 10.4. The van der Waals surface area contributed by atoms with Gasteiger partial charge in [0.15, 0.2) is 0 Å². The minimum atomic E-state index is -0.0165. The molecule has 2 aliphatic rings. The van der Waals surface area contributed by atoms with E-state index >= 15 is 0 Å². The van der Waals surface area contributed by atoms with Crippen LogP contribution in [0.25, 0.3) is 0 Å². The SMILES string of the molecule is CC1CC(C)CC(C(O)CCC2CCCCC2)C1. The Labute approximate surface area is 113 Å². The molecule has 0 saturated heterocycles. The van der Waals surface area contributed by atoms with Gasteiger partial charge in [0.2, 0.25) is 0 Å².